The molecule has 5 heteroatoms. The van der Waals surface area contributed by atoms with Gasteiger partial charge in [-0.2, -0.15) is 13.2 Å². The fourth-order valence-electron chi connectivity index (χ4n) is 1.10. The highest BCUT2D eigenvalue weighted by molar-refractivity contribution is 9.10. The third kappa shape index (κ3) is 2.26. The maximum Gasteiger partial charge on any atom is 0.434 e. The van der Waals surface area contributed by atoms with E-state index in [1.165, 1.54) is 6.20 Å². The van der Waals surface area contributed by atoms with Crippen molar-refractivity contribution < 1.29 is 13.2 Å². The monoisotopic (exact) mass is 267 g/mol. The minimum absolute atomic E-state index is 0.0356. The summed E-state index contributed by atoms with van der Waals surface area (Å²) in [6.07, 6.45) is -3.22. The average Bonchev–Trinajstić information content (AvgIpc) is 2.01. The van der Waals surface area contributed by atoms with Gasteiger partial charge in [-0.05, 0) is 33.5 Å². The highest BCUT2D eigenvalue weighted by Gasteiger charge is 2.35. The summed E-state index contributed by atoms with van der Waals surface area (Å²) in [6, 6.07) is 1.59. The van der Waals surface area contributed by atoms with Gasteiger partial charge in [-0.3, -0.25) is 4.98 Å². The summed E-state index contributed by atoms with van der Waals surface area (Å²) < 4.78 is 37.2. The van der Waals surface area contributed by atoms with E-state index in [9.17, 15) is 13.2 Å². The van der Waals surface area contributed by atoms with Gasteiger partial charge in [-0.15, -0.1) is 0 Å². The summed E-state index contributed by atoms with van der Waals surface area (Å²) in [5, 5.41) is 0. The number of nitrogens with zero attached hydrogens (tertiary/aromatic N) is 1. The zero-order chi connectivity index (χ0) is 10.9. The fourth-order valence-corrected chi connectivity index (χ4v) is 2.02. The van der Waals surface area contributed by atoms with Crippen molar-refractivity contribution in [1.29, 1.82) is 0 Å². The number of hydrogen-bond donors (Lipinski definition) is 0. The normalized spacial score (nSPS) is 12.2. The van der Waals surface area contributed by atoms with E-state index in [1.807, 2.05) is 13.8 Å². The predicted molar refractivity (Wildman–Crippen MR) is 51.0 cm³/mol. The molecule has 1 nitrogen and oxygen atoms in total. The van der Waals surface area contributed by atoms with Crippen molar-refractivity contribution in [3.63, 3.8) is 0 Å². The molecular formula is C9H9BrF3N. The van der Waals surface area contributed by atoms with E-state index in [0.717, 1.165) is 0 Å². The van der Waals surface area contributed by atoms with Crippen LogP contribution in [0, 0.1) is 0 Å². The smallest absolute Gasteiger partial charge is 0.251 e. The van der Waals surface area contributed by atoms with E-state index < -0.39 is 11.9 Å². The van der Waals surface area contributed by atoms with Crippen LogP contribution in [0.2, 0.25) is 0 Å². The van der Waals surface area contributed by atoms with Gasteiger partial charge in [0.15, 0.2) is 5.69 Å². The highest BCUT2D eigenvalue weighted by atomic mass is 79.9. The SMILES string of the molecule is CC(C)c1ccnc(C(F)(F)F)c1Br. The van der Waals surface area contributed by atoms with Crippen LogP contribution in [-0.4, -0.2) is 4.98 Å². The van der Waals surface area contributed by atoms with Crippen LogP contribution in [-0.2, 0) is 6.18 Å². The molecule has 0 bridgehead atoms. The first kappa shape index (κ1) is 11.5. The lowest BCUT2D eigenvalue weighted by molar-refractivity contribution is -0.141. The van der Waals surface area contributed by atoms with Crippen molar-refractivity contribution in [2.24, 2.45) is 0 Å². The van der Waals surface area contributed by atoms with Gasteiger partial charge in [-0.25, -0.2) is 0 Å². The molecule has 0 amide bonds. The Hall–Kier alpha value is -0.580. The molecule has 1 rings (SSSR count). The fraction of sp³-hybridized carbons (Fsp3) is 0.444. The quantitative estimate of drug-likeness (QED) is 0.750. The summed E-state index contributed by atoms with van der Waals surface area (Å²) in [4.78, 5) is 3.32. The molecule has 0 aliphatic rings. The molecule has 1 aromatic heterocycles. The molecule has 0 aliphatic carbocycles. The number of halogens is 4. The van der Waals surface area contributed by atoms with Crippen LogP contribution in [0.15, 0.2) is 16.7 Å². The van der Waals surface area contributed by atoms with Gasteiger partial charge in [0.05, 0.1) is 4.47 Å². The molecule has 1 aromatic rings. The number of alkyl halides is 3. The molecule has 0 N–H and O–H groups in total. The first-order valence-electron chi connectivity index (χ1n) is 4.05. The standard InChI is InChI=1S/C9H9BrF3N/c1-5(2)6-3-4-14-8(7(6)10)9(11,12)13/h3-5H,1-2H3. The lowest BCUT2D eigenvalue weighted by Gasteiger charge is -2.13. The molecule has 0 saturated heterocycles. The second kappa shape index (κ2) is 3.88. The van der Waals surface area contributed by atoms with E-state index in [0.29, 0.717) is 5.56 Å². The Morgan fingerprint density at radius 3 is 2.36 bits per heavy atom. The number of rotatable bonds is 1. The van der Waals surface area contributed by atoms with Crippen molar-refractivity contribution in [3.05, 3.63) is 28.0 Å². The minimum atomic E-state index is -4.40. The Bertz CT molecular complexity index is 333. The maximum atomic E-state index is 12.4. The predicted octanol–water partition coefficient (Wildman–Crippen LogP) is 3.99. The molecule has 0 atom stereocenters. The van der Waals surface area contributed by atoms with Crippen molar-refractivity contribution >= 4 is 15.9 Å². The molecule has 78 valence electrons. The van der Waals surface area contributed by atoms with Gasteiger partial charge < -0.3 is 0 Å². The summed E-state index contributed by atoms with van der Waals surface area (Å²) in [5.74, 6) is 0.0356. The molecule has 0 spiro atoms. The molecule has 0 radical (unpaired) electrons. The molecule has 0 aromatic carbocycles. The van der Waals surface area contributed by atoms with Crippen LogP contribution in [0.5, 0.6) is 0 Å². The van der Waals surface area contributed by atoms with Crippen LogP contribution >= 0.6 is 15.9 Å². The minimum Gasteiger partial charge on any atom is -0.251 e. The van der Waals surface area contributed by atoms with Gasteiger partial charge >= 0.3 is 6.18 Å². The summed E-state index contributed by atoms with van der Waals surface area (Å²) in [6.45, 7) is 3.67. The molecular weight excluding hydrogens is 259 g/mol. The van der Waals surface area contributed by atoms with E-state index in [4.69, 9.17) is 0 Å². The first-order chi connectivity index (χ1) is 6.34. The molecule has 0 aliphatic heterocycles. The number of hydrogen-bond acceptors (Lipinski definition) is 1. The Labute approximate surface area is 88.5 Å². The number of pyridine rings is 1. The summed E-state index contributed by atoms with van der Waals surface area (Å²) in [7, 11) is 0. The highest BCUT2D eigenvalue weighted by Crippen LogP contribution is 2.36. The van der Waals surface area contributed by atoms with Crippen molar-refractivity contribution in [2.75, 3.05) is 0 Å². The van der Waals surface area contributed by atoms with Crippen LogP contribution in [0.25, 0.3) is 0 Å². The van der Waals surface area contributed by atoms with Gasteiger partial charge in [0.25, 0.3) is 0 Å². The van der Waals surface area contributed by atoms with Crippen molar-refractivity contribution in [2.45, 2.75) is 25.9 Å². The van der Waals surface area contributed by atoms with Crippen molar-refractivity contribution in [3.8, 4) is 0 Å². The van der Waals surface area contributed by atoms with Crippen LogP contribution in [0.3, 0.4) is 0 Å². The van der Waals surface area contributed by atoms with Gasteiger partial charge in [-0.1, -0.05) is 13.8 Å². The first-order valence-corrected chi connectivity index (χ1v) is 4.85. The molecule has 14 heavy (non-hydrogen) atoms. The van der Waals surface area contributed by atoms with E-state index in [-0.39, 0.29) is 10.4 Å². The molecule has 0 fully saturated rings. The Morgan fingerprint density at radius 1 is 1.36 bits per heavy atom. The second-order valence-electron chi connectivity index (χ2n) is 3.22. The lowest BCUT2D eigenvalue weighted by Crippen LogP contribution is -2.10. The van der Waals surface area contributed by atoms with Gasteiger partial charge in [0.2, 0.25) is 0 Å². The summed E-state index contributed by atoms with van der Waals surface area (Å²) in [5.41, 5.74) is -0.240. The van der Waals surface area contributed by atoms with E-state index in [2.05, 4.69) is 20.9 Å². The Balaban J connectivity index is 3.28. The van der Waals surface area contributed by atoms with E-state index in [1.54, 1.807) is 6.07 Å². The third-order valence-corrected chi connectivity index (χ3v) is 2.64. The van der Waals surface area contributed by atoms with Gasteiger partial charge in [0, 0.05) is 6.20 Å². The number of aromatic nitrogens is 1. The van der Waals surface area contributed by atoms with Gasteiger partial charge in [0.1, 0.15) is 0 Å². The molecule has 1 heterocycles. The third-order valence-electron chi connectivity index (χ3n) is 1.81. The largest absolute Gasteiger partial charge is 0.434 e. The summed E-state index contributed by atoms with van der Waals surface area (Å²) >= 11 is 2.94. The maximum absolute atomic E-state index is 12.4. The molecule has 0 unspecified atom stereocenters. The average molecular weight is 268 g/mol. The van der Waals surface area contributed by atoms with E-state index >= 15 is 0 Å². The van der Waals surface area contributed by atoms with Crippen molar-refractivity contribution in [1.82, 2.24) is 4.98 Å². The molecule has 0 saturated carbocycles. The van der Waals surface area contributed by atoms with Crippen LogP contribution in [0.1, 0.15) is 31.0 Å². The zero-order valence-electron chi connectivity index (χ0n) is 7.69. The topological polar surface area (TPSA) is 12.9 Å². The van der Waals surface area contributed by atoms with Crippen LogP contribution in [0.4, 0.5) is 13.2 Å². The van der Waals surface area contributed by atoms with Crippen LogP contribution < -0.4 is 0 Å². The Kier molecular flexibility index (Phi) is 3.19. The second-order valence-corrected chi connectivity index (χ2v) is 4.01. The zero-order valence-corrected chi connectivity index (χ0v) is 9.28. The lowest BCUT2D eigenvalue weighted by atomic mass is 10.0. The Morgan fingerprint density at radius 2 is 1.93 bits per heavy atom.